The molecule has 3 aromatic rings. The van der Waals surface area contributed by atoms with Crippen molar-refractivity contribution in [3.63, 3.8) is 0 Å². The summed E-state index contributed by atoms with van der Waals surface area (Å²) >= 11 is 0. The third kappa shape index (κ3) is 4.26. The van der Waals surface area contributed by atoms with Crippen LogP contribution in [-0.2, 0) is 13.7 Å². The molecule has 30 heavy (non-hydrogen) atoms. The number of benzene rings is 3. The summed E-state index contributed by atoms with van der Waals surface area (Å²) in [4.78, 5) is 1.06. The van der Waals surface area contributed by atoms with Crippen molar-refractivity contribution < 1.29 is 25.2 Å². The van der Waals surface area contributed by atoms with Crippen LogP contribution in [0.15, 0.2) is 99.6 Å². The van der Waals surface area contributed by atoms with E-state index < -0.39 is 25.9 Å². The first-order chi connectivity index (χ1) is 14.1. The summed E-state index contributed by atoms with van der Waals surface area (Å²) in [5.41, 5.74) is -4.57. The first-order valence-electron chi connectivity index (χ1n) is 9.14. The molecule has 0 radical (unpaired) electrons. The summed E-state index contributed by atoms with van der Waals surface area (Å²) in [6, 6.07) is 23.2. The number of rotatable bonds is 6. The second-order valence-electron chi connectivity index (χ2n) is 6.87. The predicted octanol–water partition coefficient (Wildman–Crippen LogP) is 6.87. The Labute approximate surface area is 176 Å². The Morgan fingerprint density at radius 2 is 1.10 bits per heavy atom. The summed E-state index contributed by atoms with van der Waals surface area (Å²) in [6.45, 7) is 3.99. The van der Waals surface area contributed by atoms with Gasteiger partial charge in [0.2, 0.25) is 0 Å². The molecule has 0 fully saturated rings. The van der Waals surface area contributed by atoms with Crippen LogP contribution in [0.2, 0.25) is 0 Å². The first-order valence-corrected chi connectivity index (χ1v) is 12.1. The highest BCUT2D eigenvalue weighted by molar-refractivity contribution is 8.33. The van der Waals surface area contributed by atoms with Gasteiger partial charge >= 0.3 is 15.6 Å². The normalized spacial score (nSPS) is 13.4. The average Bonchev–Trinajstić information content (AvgIpc) is 2.72. The minimum absolute atomic E-state index is 0.205. The molecule has 0 saturated heterocycles. The van der Waals surface area contributed by atoms with Gasteiger partial charge in [-0.25, -0.2) is 0 Å². The molecule has 0 N–H and O–H groups in total. The van der Waals surface area contributed by atoms with E-state index in [-0.39, 0.29) is 5.92 Å². The Balaban J connectivity index is 2.35. The van der Waals surface area contributed by atoms with Crippen LogP contribution in [0.5, 0.6) is 0 Å². The standard InChI is InChI=1S/C22H21F3O3S2/c1-17(2)18-13-15-21(16-14-18)29(19-9-5-3-6-10-19,20-11-7-4-8-12-20)28-30(26,27)22(23,24)25/h3-17H,1-2H3. The zero-order chi connectivity index (χ0) is 22.0. The van der Waals surface area contributed by atoms with Gasteiger partial charge in [0.1, 0.15) is 0 Å². The van der Waals surface area contributed by atoms with Crippen molar-refractivity contribution in [3.05, 3.63) is 90.5 Å². The molecule has 0 amide bonds. The third-order valence-electron chi connectivity index (χ3n) is 4.50. The molecule has 0 spiro atoms. The molecule has 0 heterocycles. The van der Waals surface area contributed by atoms with Gasteiger partial charge in [0, 0.05) is 14.7 Å². The lowest BCUT2D eigenvalue weighted by atomic mass is 10.0. The third-order valence-corrected chi connectivity index (χ3v) is 9.41. The number of halogens is 3. The minimum atomic E-state index is -5.89. The number of hydrogen-bond acceptors (Lipinski definition) is 3. The van der Waals surface area contributed by atoms with Gasteiger partial charge in [0.15, 0.2) is 0 Å². The van der Waals surface area contributed by atoms with Crippen LogP contribution in [0.1, 0.15) is 25.3 Å². The van der Waals surface area contributed by atoms with Crippen LogP contribution in [0, 0.1) is 0 Å². The molecule has 0 unspecified atom stereocenters. The highest BCUT2D eigenvalue weighted by atomic mass is 32.3. The molecule has 3 rings (SSSR count). The van der Waals surface area contributed by atoms with Gasteiger partial charge in [-0.3, -0.25) is 0 Å². The molecule has 0 aliphatic heterocycles. The van der Waals surface area contributed by atoms with E-state index in [2.05, 4.69) is 0 Å². The monoisotopic (exact) mass is 454 g/mol. The van der Waals surface area contributed by atoms with Gasteiger partial charge in [-0.2, -0.15) is 25.2 Å². The van der Waals surface area contributed by atoms with E-state index >= 15 is 0 Å². The van der Waals surface area contributed by atoms with E-state index in [1.807, 2.05) is 13.8 Å². The van der Waals surface area contributed by atoms with Crippen molar-refractivity contribution in [2.45, 2.75) is 40.0 Å². The zero-order valence-electron chi connectivity index (χ0n) is 16.3. The second kappa shape index (κ2) is 8.45. The van der Waals surface area contributed by atoms with Crippen LogP contribution < -0.4 is 0 Å². The molecule has 3 aromatic carbocycles. The summed E-state index contributed by atoms with van der Waals surface area (Å²) in [7, 11) is -9.11. The predicted molar refractivity (Wildman–Crippen MR) is 112 cm³/mol. The van der Waals surface area contributed by atoms with Gasteiger partial charge in [-0.05, 0) is 58.2 Å². The van der Waals surface area contributed by atoms with Crippen molar-refractivity contribution >= 4 is 20.4 Å². The lowest BCUT2D eigenvalue weighted by Crippen LogP contribution is -2.27. The van der Waals surface area contributed by atoms with Crippen molar-refractivity contribution in [3.8, 4) is 0 Å². The molecule has 0 aliphatic rings. The van der Waals surface area contributed by atoms with E-state index in [1.54, 1.807) is 84.9 Å². The lowest BCUT2D eigenvalue weighted by Gasteiger charge is -2.39. The Morgan fingerprint density at radius 1 is 0.700 bits per heavy atom. The first kappa shape index (κ1) is 22.4. The van der Waals surface area contributed by atoms with Gasteiger partial charge in [-0.15, -0.1) is 0 Å². The summed E-state index contributed by atoms with van der Waals surface area (Å²) in [5.74, 6) is 0.205. The van der Waals surface area contributed by atoms with E-state index in [0.717, 1.165) is 5.56 Å². The maximum Gasteiger partial charge on any atom is 0.524 e. The molecular formula is C22H21F3O3S2. The highest BCUT2D eigenvalue weighted by Crippen LogP contribution is 2.70. The molecule has 0 atom stereocenters. The molecule has 160 valence electrons. The van der Waals surface area contributed by atoms with Crippen LogP contribution in [0.25, 0.3) is 0 Å². The quantitative estimate of drug-likeness (QED) is 0.382. The molecule has 8 heteroatoms. The van der Waals surface area contributed by atoms with Gasteiger partial charge in [0.25, 0.3) is 0 Å². The van der Waals surface area contributed by atoms with Crippen LogP contribution >= 0.6 is 10.3 Å². The van der Waals surface area contributed by atoms with E-state index in [9.17, 15) is 21.6 Å². The van der Waals surface area contributed by atoms with E-state index in [0.29, 0.717) is 14.7 Å². The van der Waals surface area contributed by atoms with Crippen LogP contribution in [0.3, 0.4) is 0 Å². The summed E-state index contributed by atoms with van der Waals surface area (Å²) in [6.07, 6.45) is 0. The Hall–Kier alpha value is -2.29. The zero-order valence-corrected chi connectivity index (χ0v) is 18.0. The highest BCUT2D eigenvalue weighted by Gasteiger charge is 2.52. The summed E-state index contributed by atoms with van der Waals surface area (Å²) < 4.78 is 69.8. The van der Waals surface area contributed by atoms with E-state index in [1.165, 1.54) is 0 Å². The Morgan fingerprint density at radius 3 is 1.47 bits per heavy atom. The smallest absolute Gasteiger partial charge is 0.200 e. The largest absolute Gasteiger partial charge is 0.524 e. The average molecular weight is 455 g/mol. The number of alkyl halides is 3. The van der Waals surface area contributed by atoms with Crippen molar-refractivity contribution in [1.82, 2.24) is 0 Å². The molecule has 3 nitrogen and oxygen atoms in total. The van der Waals surface area contributed by atoms with Gasteiger partial charge in [0.05, 0.1) is 0 Å². The van der Waals surface area contributed by atoms with Gasteiger partial charge in [-0.1, -0.05) is 62.4 Å². The van der Waals surface area contributed by atoms with Crippen LogP contribution in [-0.4, -0.2) is 13.9 Å². The molecular weight excluding hydrogens is 433 g/mol. The Bertz CT molecular complexity index is 1040. The van der Waals surface area contributed by atoms with E-state index in [4.69, 9.17) is 3.63 Å². The van der Waals surface area contributed by atoms with Gasteiger partial charge < -0.3 is 0 Å². The number of hydrogen-bond donors (Lipinski definition) is 0. The van der Waals surface area contributed by atoms with Crippen LogP contribution in [0.4, 0.5) is 13.2 Å². The fraction of sp³-hybridized carbons (Fsp3) is 0.182. The molecule has 0 aliphatic carbocycles. The topological polar surface area (TPSA) is 43.4 Å². The van der Waals surface area contributed by atoms with Crippen molar-refractivity contribution in [2.24, 2.45) is 0 Å². The second-order valence-corrected chi connectivity index (χ2v) is 11.3. The maximum atomic E-state index is 13.4. The fourth-order valence-corrected chi connectivity index (χ4v) is 7.71. The maximum absolute atomic E-state index is 13.4. The fourth-order valence-electron chi connectivity index (χ4n) is 2.97. The lowest BCUT2D eigenvalue weighted by molar-refractivity contribution is -0.0496. The van der Waals surface area contributed by atoms with Crippen molar-refractivity contribution in [1.29, 1.82) is 0 Å². The minimum Gasteiger partial charge on any atom is -0.200 e. The molecule has 0 bridgehead atoms. The molecule has 0 saturated carbocycles. The summed E-state index contributed by atoms with van der Waals surface area (Å²) in [5, 5.41) is 0. The molecule has 0 aromatic heterocycles. The Kier molecular flexibility index (Phi) is 6.31. The van der Waals surface area contributed by atoms with Crippen molar-refractivity contribution in [2.75, 3.05) is 0 Å². The SMILES string of the molecule is CC(C)c1ccc(S(OS(=O)(=O)C(F)(F)F)(c2ccccc2)c2ccccc2)cc1.